The molecule has 0 bridgehead atoms. The van der Waals surface area contributed by atoms with Gasteiger partial charge in [-0.1, -0.05) is 60.7 Å². The molecule has 0 radical (unpaired) electrons. The van der Waals surface area contributed by atoms with E-state index in [2.05, 4.69) is 17.6 Å². The van der Waals surface area contributed by atoms with E-state index >= 15 is 0 Å². The maximum absolute atomic E-state index is 5.87. The highest BCUT2D eigenvalue weighted by atomic mass is 35.5. The van der Waals surface area contributed by atoms with Crippen LogP contribution in [0.1, 0.15) is 16.7 Å². The van der Waals surface area contributed by atoms with Gasteiger partial charge in [-0.15, -0.1) is 12.4 Å². The summed E-state index contributed by atoms with van der Waals surface area (Å²) in [6.45, 7) is 3.21. The van der Waals surface area contributed by atoms with Crippen LogP contribution >= 0.6 is 12.4 Å². The monoisotopic (exact) mass is 502 g/mol. The van der Waals surface area contributed by atoms with Crippen molar-refractivity contribution < 1.29 is 9.47 Å². The van der Waals surface area contributed by atoms with Crippen molar-refractivity contribution >= 4 is 29.0 Å². The molecule has 0 aliphatic carbocycles. The van der Waals surface area contributed by atoms with Gasteiger partial charge in [0.25, 0.3) is 0 Å². The molecule has 0 aliphatic rings. The quantitative estimate of drug-likeness (QED) is 0.182. The number of hydrogen-bond donors (Lipinski definition) is 3. The van der Waals surface area contributed by atoms with Crippen LogP contribution in [0.3, 0.4) is 0 Å². The molecule has 0 saturated carbocycles. The molecular weight excluding hydrogens is 472 g/mol. The van der Waals surface area contributed by atoms with Crippen molar-refractivity contribution in [2.24, 2.45) is 5.84 Å². The molecular formula is C29H31ClN4O2. The largest absolute Gasteiger partial charge is 0.489 e. The summed E-state index contributed by atoms with van der Waals surface area (Å²) in [7, 11) is 0. The fourth-order valence-corrected chi connectivity index (χ4v) is 3.62. The number of rotatable bonds is 7. The highest BCUT2D eigenvalue weighted by Crippen LogP contribution is 2.25. The number of hydrazine groups is 1. The number of nitrogens with one attached hydrogen (secondary N) is 1. The number of benzene rings is 4. The maximum Gasteiger partial charge on any atom is 0.120 e. The normalized spacial score (nSPS) is 10.1. The zero-order valence-corrected chi connectivity index (χ0v) is 20.9. The second kappa shape index (κ2) is 13.1. The molecule has 0 amide bonds. The van der Waals surface area contributed by atoms with Crippen LogP contribution in [0, 0.1) is 6.92 Å². The lowest BCUT2D eigenvalue weighted by Gasteiger charge is -2.07. The Labute approximate surface area is 217 Å². The van der Waals surface area contributed by atoms with E-state index in [4.69, 9.17) is 21.2 Å². The van der Waals surface area contributed by atoms with E-state index in [9.17, 15) is 0 Å². The lowest BCUT2D eigenvalue weighted by molar-refractivity contribution is 0.306. The Kier molecular flexibility index (Phi) is 9.63. The van der Waals surface area contributed by atoms with Crippen LogP contribution in [0.15, 0.2) is 109 Å². The minimum absolute atomic E-state index is 0. The molecule has 5 aromatic rings. The van der Waals surface area contributed by atoms with E-state index in [0.29, 0.717) is 13.2 Å². The number of halogens is 1. The highest BCUT2D eigenvalue weighted by Gasteiger charge is 2.05. The molecule has 0 unspecified atom stereocenters. The van der Waals surface area contributed by atoms with Crippen molar-refractivity contribution in [3.8, 4) is 11.5 Å². The number of fused-ring (bicyclic) bond motifs is 1. The van der Waals surface area contributed by atoms with Crippen LogP contribution in [0.2, 0.25) is 0 Å². The van der Waals surface area contributed by atoms with Gasteiger partial charge in [0.05, 0.1) is 5.52 Å². The van der Waals surface area contributed by atoms with Crippen LogP contribution in [0.4, 0.5) is 5.69 Å². The molecule has 1 aromatic heterocycles. The van der Waals surface area contributed by atoms with Gasteiger partial charge in [-0.05, 0) is 66.1 Å². The van der Waals surface area contributed by atoms with Crippen LogP contribution < -0.4 is 26.6 Å². The zero-order chi connectivity index (χ0) is 24.5. The third kappa shape index (κ3) is 7.18. The molecule has 4 aromatic carbocycles. The number of nitrogen functional groups attached to an aromatic ring is 2. The van der Waals surface area contributed by atoms with Crippen molar-refractivity contribution in [3.63, 3.8) is 0 Å². The van der Waals surface area contributed by atoms with E-state index in [0.717, 1.165) is 44.8 Å². The van der Waals surface area contributed by atoms with Crippen molar-refractivity contribution in [2.75, 3.05) is 11.3 Å². The summed E-state index contributed by atoms with van der Waals surface area (Å²) in [6, 6.07) is 33.7. The summed E-state index contributed by atoms with van der Waals surface area (Å²) in [6.07, 6.45) is 1.92. The Balaban J connectivity index is 0.000000198. The number of aryl methyl sites for hydroxylation is 1. The Bertz CT molecular complexity index is 1340. The number of aromatic nitrogens is 1. The van der Waals surface area contributed by atoms with Gasteiger partial charge in [0.2, 0.25) is 0 Å². The third-order valence-corrected chi connectivity index (χ3v) is 5.52. The van der Waals surface area contributed by atoms with E-state index in [1.807, 2.05) is 104 Å². The first-order valence-corrected chi connectivity index (χ1v) is 11.4. The van der Waals surface area contributed by atoms with Crippen LogP contribution in [0.5, 0.6) is 11.5 Å². The van der Waals surface area contributed by atoms with Crippen LogP contribution in [-0.4, -0.2) is 4.68 Å². The Hall–Kier alpha value is -4.13. The average molecular weight is 503 g/mol. The number of anilines is 1. The topological polar surface area (TPSA) is 87.5 Å². The summed E-state index contributed by atoms with van der Waals surface area (Å²) in [5.74, 6) is 12.8. The number of nitrogens with zero attached hydrogens (tertiary/aromatic N) is 1. The lowest BCUT2D eigenvalue weighted by atomic mass is 10.2. The molecule has 36 heavy (non-hydrogen) atoms. The fourth-order valence-electron chi connectivity index (χ4n) is 3.62. The Morgan fingerprint density at radius 1 is 0.722 bits per heavy atom. The van der Waals surface area contributed by atoms with Gasteiger partial charge in [-0.2, -0.15) is 0 Å². The summed E-state index contributed by atoms with van der Waals surface area (Å²) < 4.78 is 13.1. The van der Waals surface area contributed by atoms with Gasteiger partial charge in [0.1, 0.15) is 24.7 Å². The van der Waals surface area contributed by atoms with E-state index in [1.165, 1.54) is 0 Å². The Morgan fingerprint density at radius 2 is 1.25 bits per heavy atom. The lowest BCUT2D eigenvalue weighted by Crippen LogP contribution is -2.06. The smallest absolute Gasteiger partial charge is 0.120 e. The molecule has 0 fully saturated rings. The standard InChI is InChI=1S/C16H16N2O.C13H14N2O.ClH/c1-12-10-18(17)16-8-7-14(9-15(12)16)19-11-13-5-3-2-4-6-13;14-15-12-6-8-13(9-7-12)16-10-11-4-2-1-3-5-11;/h2-10H,11,17H2,1H3;1-9,15H,10,14H2;1H. The molecule has 186 valence electrons. The third-order valence-electron chi connectivity index (χ3n) is 5.52. The van der Waals surface area contributed by atoms with Crippen molar-refractivity contribution in [1.82, 2.24) is 4.68 Å². The maximum atomic E-state index is 5.87. The SMILES string of the molecule is Cc1cn(N)c2ccc(OCc3ccccc3)cc12.Cl.NNc1ccc(OCc2ccccc2)cc1. The van der Waals surface area contributed by atoms with Gasteiger partial charge >= 0.3 is 0 Å². The number of ether oxygens (including phenoxy) is 2. The molecule has 0 spiro atoms. The molecule has 0 saturated heterocycles. The summed E-state index contributed by atoms with van der Waals surface area (Å²) in [4.78, 5) is 0. The first-order chi connectivity index (χ1) is 17.1. The predicted octanol–water partition coefficient (Wildman–Crippen LogP) is 6.22. The highest BCUT2D eigenvalue weighted by molar-refractivity contribution is 5.85. The molecule has 1 heterocycles. The van der Waals surface area contributed by atoms with Crippen molar-refractivity contribution in [2.45, 2.75) is 20.1 Å². The minimum atomic E-state index is 0. The van der Waals surface area contributed by atoms with Gasteiger partial charge in [-0.3, -0.25) is 10.5 Å². The van der Waals surface area contributed by atoms with E-state index < -0.39 is 0 Å². The zero-order valence-electron chi connectivity index (χ0n) is 20.1. The summed E-state index contributed by atoms with van der Waals surface area (Å²) >= 11 is 0. The second-order valence-corrected chi connectivity index (χ2v) is 8.12. The van der Waals surface area contributed by atoms with Gasteiger partial charge < -0.3 is 20.7 Å². The second-order valence-electron chi connectivity index (χ2n) is 8.12. The number of nitrogens with two attached hydrogens (primary N) is 2. The van der Waals surface area contributed by atoms with Gasteiger partial charge in [0.15, 0.2) is 0 Å². The summed E-state index contributed by atoms with van der Waals surface area (Å²) in [5.41, 5.74) is 7.93. The molecule has 5 rings (SSSR count). The Morgan fingerprint density at radius 3 is 1.81 bits per heavy atom. The van der Waals surface area contributed by atoms with Gasteiger partial charge in [-0.25, -0.2) is 0 Å². The molecule has 5 N–H and O–H groups in total. The first-order valence-electron chi connectivity index (χ1n) is 11.4. The fraction of sp³-hybridized carbons (Fsp3) is 0.103. The summed E-state index contributed by atoms with van der Waals surface area (Å²) in [5, 5.41) is 1.13. The van der Waals surface area contributed by atoms with Crippen LogP contribution in [0.25, 0.3) is 10.9 Å². The first kappa shape index (κ1) is 26.5. The average Bonchev–Trinajstić information content (AvgIpc) is 3.20. The molecule has 7 heteroatoms. The van der Waals surface area contributed by atoms with E-state index in [1.54, 1.807) is 4.68 Å². The van der Waals surface area contributed by atoms with Crippen molar-refractivity contribution in [1.29, 1.82) is 0 Å². The van der Waals surface area contributed by atoms with Crippen molar-refractivity contribution in [3.05, 3.63) is 126 Å². The molecule has 6 nitrogen and oxygen atoms in total. The molecule has 0 atom stereocenters. The molecule has 0 aliphatic heterocycles. The van der Waals surface area contributed by atoms with Crippen LogP contribution in [-0.2, 0) is 13.2 Å². The van der Waals surface area contributed by atoms with E-state index in [-0.39, 0.29) is 12.4 Å². The predicted molar refractivity (Wildman–Crippen MR) is 150 cm³/mol. The number of hydrogen-bond acceptors (Lipinski definition) is 5. The minimum Gasteiger partial charge on any atom is -0.489 e. The van der Waals surface area contributed by atoms with Gasteiger partial charge in [0, 0.05) is 17.3 Å².